The third-order valence-corrected chi connectivity index (χ3v) is 3.36. The zero-order valence-corrected chi connectivity index (χ0v) is 9.68. The maximum atomic E-state index is 11.3. The fourth-order valence-electron chi connectivity index (χ4n) is 0.832. The SMILES string of the molecule is NCCS(=O)(=O)Nc1ccncc1Br. The molecule has 0 unspecified atom stereocenters. The molecule has 0 aliphatic carbocycles. The minimum Gasteiger partial charge on any atom is -0.329 e. The van der Waals surface area contributed by atoms with Crippen molar-refractivity contribution in [2.24, 2.45) is 5.73 Å². The third-order valence-electron chi connectivity index (χ3n) is 1.42. The maximum Gasteiger partial charge on any atom is 0.234 e. The van der Waals surface area contributed by atoms with Gasteiger partial charge in [-0.3, -0.25) is 9.71 Å². The molecule has 0 atom stereocenters. The molecule has 0 radical (unpaired) electrons. The second-order valence-corrected chi connectivity index (χ2v) is 5.26. The van der Waals surface area contributed by atoms with Crippen molar-refractivity contribution in [1.82, 2.24) is 4.98 Å². The summed E-state index contributed by atoms with van der Waals surface area (Å²) in [7, 11) is -3.34. The van der Waals surface area contributed by atoms with E-state index in [0.29, 0.717) is 10.2 Å². The van der Waals surface area contributed by atoms with Crippen molar-refractivity contribution in [3.8, 4) is 0 Å². The molecular formula is C7H10BrN3O2S. The standard InChI is InChI=1S/C7H10BrN3O2S/c8-6-5-10-3-1-7(6)11-14(12,13)4-2-9/h1,3,5H,2,4,9H2,(H,10,11). The first-order chi connectivity index (χ1) is 6.55. The Labute approximate surface area is 90.9 Å². The Kier molecular flexibility index (Phi) is 3.85. The lowest BCUT2D eigenvalue weighted by atomic mass is 10.4. The molecule has 0 aromatic carbocycles. The molecule has 7 heteroatoms. The van der Waals surface area contributed by atoms with Gasteiger partial charge in [0.1, 0.15) is 0 Å². The molecule has 0 spiro atoms. The molecule has 0 fully saturated rings. The average molecular weight is 280 g/mol. The first kappa shape index (κ1) is 11.4. The van der Waals surface area contributed by atoms with E-state index in [0.717, 1.165) is 0 Å². The molecule has 1 rings (SSSR count). The molecule has 1 aromatic rings. The van der Waals surface area contributed by atoms with Crippen molar-refractivity contribution < 1.29 is 8.42 Å². The van der Waals surface area contributed by atoms with E-state index < -0.39 is 10.0 Å². The van der Waals surface area contributed by atoms with Crippen LogP contribution in [0.3, 0.4) is 0 Å². The van der Waals surface area contributed by atoms with Crippen LogP contribution in [0.4, 0.5) is 5.69 Å². The van der Waals surface area contributed by atoms with Gasteiger partial charge in [-0.1, -0.05) is 0 Å². The summed E-state index contributed by atoms with van der Waals surface area (Å²) in [5, 5.41) is 0. The van der Waals surface area contributed by atoms with Gasteiger partial charge in [-0.2, -0.15) is 0 Å². The Balaban J connectivity index is 2.84. The van der Waals surface area contributed by atoms with E-state index in [-0.39, 0.29) is 12.3 Å². The first-order valence-corrected chi connectivity index (χ1v) is 6.30. The summed E-state index contributed by atoms with van der Waals surface area (Å²) in [6.07, 6.45) is 3.02. The van der Waals surface area contributed by atoms with Gasteiger partial charge in [-0.05, 0) is 22.0 Å². The number of nitrogens with two attached hydrogens (primary N) is 1. The number of pyridine rings is 1. The summed E-state index contributed by atoms with van der Waals surface area (Å²) < 4.78 is 25.6. The molecule has 14 heavy (non-hydrogen) atoms. The highest BCUT2D eigenvalue weighted by molar-refractivity contribution is 9.10. The number of hydrogen-bond acceptors (Lipinski definition) is 4. The van der Waals surface area contributed by atoms with Gasteiger partial charge in [0, 0.05) is 18.9 Å². The van der Waals surface area contributed by atoms with Crippen LogP contribution in [0.2, 0.25) is 0 Å². The Bertz CT molecular complexity index is 407. The Hall–Kier alpha value is -0.660. The molecule has 0 aliphatic heterocycles. The van der Waals surface area contributed by atoms with Crippen LogP contribution >= 0.6 is 15.9 Å². The topological polar surface area (TPSA) is 85.1 Å². The molecule has 1 heterocycles. The number of nitrogens with zero attached hydrogens (tertiary/aromatic N) is 1. The van der Waals surface area contributed by atoms with Gasteiger partial charge in [0.05, 0.1) is 15.9 Å². The Morgan fingerprint density at radius 2 is 2.29 bits per heavy atom. The fraction of sp³-hybridized carbons (Fsp3) is 0.286. The smallest absolute Gasteiger partial charge is 0.234 e. The molecule has 1 aromatic heterocycles. The lowest BCUT2D eigenvalue weighted by molar-refractivity contribution is 0.601. The first-order valence-electron chi connectivity index (χ1n) is 3.85. The van der Waals surface area contributed by atoms with E-state index in [4.69, 9.17) is 5.73 Å². The van der Waals surface area contributed by atoms with E-state index in [1.165, 1.54) is 12.4 Å². The van der Waals surface area contributed by atoms with Crippen LogP contribution in [0.5, 0.6) is 0 Å². The second-order valence-electron chi connectivity index (χ2n) is 2.57. The minimum atomic E-state index is -3.34. The van der Waals surface area contributed by atoms with Crippen LogP contribution < -0.4 is 10.5 Å². The van der Waals surface area contributed by atoms with Crippen LogP contribution in [0.1, 0.15) is 0 Å². The predicted molar refractivity (Wildman–Crippen MR) is 58.4 cm³/mol. The largest absolute Gasteiger partial charge is 0.329 e. The summed E-state index contributed by atoms with van der Waals surface area (Å²) in [5.41, 5.74) is 5.63. The highest BCUT2D eigenvalue weighted by Gasteiger charge is 2.10. The van der Waals surface area contributed by atoms with Gasteiger partial charge in [0.2, 0.25) is 10.0 Å². The molecule has 0 saturated heterocycles. The van der Waals surface area contributed by atoms with Crippen LogP contribution in [0.25, 0.3) is 0 Å². The second kappa shape index (κ2) is 4.72. The summed E-state index contributed by atoms with van der Waals surface area (Å²) in [6.45, 7) is 0.0953. The van der Waals surface area contributed by atoms with Crippen LogP contribution in [-0.4, -0.2) is 25.7 Å². The summed E-state index contributed by atoms with van der Waals surface area (Å²) >= 11 is 3.18. The zero-order chi connectivity index (χ0) is 10.6. The van der Waals surface area contributed by atoms with Crippen molar-refractivity contribution >= 4 is 31.6 Å². The lowest BCUT2D eigenvalue weighted by Gasteiger charge is -2.07. The molecule has 0 aliphatic rings. The average Bonchev–Trinajstić information content (AvgIpc) is 2.08. The Morgan fingerprint density at radius 3 is 2.86 bits per heavy atom. The molecule has 3 N–H and O–H groups in total. The van der Waals surface area contributed by atoms with Crippen molar-refractivity contribution in [3.05, 3.63) is 22.9 Å². The van der Waals surface area contributed by atoms with E-state index in [1.807, 2.05) is 0 Å². The Morgan fingerprint density at radius 1 is 1.57 bits per heavy atom. The molecule has 5 nitrogen and oxygen atoms in total. The number of sulfonamides is 1. The van der Waals surface area contributed by atoms with Gasteiger partial charge in [0.25, 0.3) is 0 Å². The summed E-state index contributed by atoms with van der Waals surface area (Å²) in [4.78, 5) is 3.81. The number of hydrogen-bond donors (Lipinski definition) is 2. The number of anilines is 1. The number of rotatable bonds is 4. The van der Waals surface area contributed by atoms with Gasteiger partial charge in [-0.25, -0.2) is 8.42 Å². The number of halogens is 1. The van der Waals surface area contributed by atoms with Crippen molar-refractivity contribution in [1.29, 1.82) is 0 Å². The normalized spacial score (nSPS) is 11.3. The lowest BCUT2D eigenvalue weighted by Crippen LogP contribution is -2.22. The molecule has 0 amide bonds. The van der Waals surface area contributed by atoms with Gasteiger partial charge >= 0.3 is 0 Å². The van der Waals surface area contributed by atoms with E-state index in [2.05, 4.69) is 25.6 Å². The van der Waals surface area contributed by atoms with Gasteiger partial charge < -0.3 is 5.73 Å². The summed E-state index contributed by atoms with van der Waals surface area (Å²) in [6, 6.07) is 1.57. The van der Waals surface area contributed by atoms with Gasteiger partial charge in [0.15, 0.2) is 0 Å². The number of nitrogens with one attached hydrogen (secondary N) is 1. The fourth-order valence-corrected chi connectivity index (χ4v) is 2.24. The van der Waals surface area contributed by atoms with E-state index in [1.54, 1.807) is 6.07 Å². The zero-order valence-electron chi connectivity index (χ0n) is 7.27. The van der Waals surface area contributed by atoms with E-state index >= 15 is 0 Å². The maximum absolute atomic E-state index is 11.3. The van der Waals surface area contributed by atoms with Crippen molar-refractivity contribution in [2.75, 3.05) is 17.0 Å². The highest BCUT2D eigenvalue weighted by atomic mass is 79.9. The third kappa shape index (κ3) is 3.24. The minimum absolute atomic E-state index is 0.0953. The highest BCUT2D eigenvalue weighted by Crippen LogP contribution is 2.20. The van der Waals surface area contributed by atoms with E-state index in [9.17, 15) is 8.42 Å². The summed E-state index contributed by atoms with van der Waals surface area (Å²) in [5.74, 6) is -0.0955. The van der Waals surface area contributed by atoms with Crippen molar-refractivity contribution in [2.45, 2.75) is 0 Å². The van der Waals surface area contributed by atoms with Crippen molar-refractivity contribution in [3.63, 3.8) is 0 Å². The number of aromatic nitrogens is 1. The van der Waals surface area contributed by atoms with Gasteiger partial charge in [-0.15, -0.1) is 0 Å². The quantitative estimate of drug-likeness (QED) is 0.843. The molecule has 0 bridgehead atoms. The molecule has 78 valence electrons. The monoisotopic (exact) mass is 279 g/mol. The van der Waals surface area contributed by atoms with Crippen LogP contribution in [-0.2, 0) is 10.0 Å². The predicted octanol–water partition coefficient (Wildman–Crippen LogP) is 0.544. The van der Waals surface area contributed by atoms with Crippen LogP contribution in [0, 0.1) is 0 Å². The van der Waals surface area contributed by atoms with Crippen LogP contribution in [0.15, 0.2) is 22.9 Å². The molecular weight excluding hydrogens is 270 g/mol. The molecule has 0 saturated carbocycles.